The molecule has 154 valence electrons. The van der Waals surface area contributed by atoms with Gasteiger partial charge in [-0.1, -0.05) is 6.07 Å². The lowest BCUT2D eigenvalue weighted by atomic mass is 9.97. The fourth-order valence-electron chi connectivity index (χ4n) is 3.90. The summed E-state index contributed by atoms with van der Waals surface area (Å²) in [5.74, 6) is 2.60. The van der Waals surface area contributed by atoms with Crippen molar-refractivity contribution in [1.82, 2.24) is 24.4 Å². The molecule has 2 aliphatic heterocycles. The molecule has 0 saturated carbocycles. The molecular formula is C18H26ClN5O3S. The predicted octanol–water partition coefficient (Wildman–Crippen LogP) is 1.69. The van der Waals surface area contributed by atoms with Crippen molar-refractivity contribution in [2.45, 2.75) is 43.7 Å². The maximum atomic E-state index is 13.1. The normalized spacial score (nSPS) is 18.4. The number of ether oxygens (including phenoxy) is 1. The number of benzene rings is 1. The summed E-state index contributed by atoms with van der Waals surface area (Å²) >= 11 is 0. The van der Waals surface area contributed by atoms with Gasteiger partial charge in [0.05, 0.1) is 13.7 Å². The Labute approximate surface area is 171 Å². The van der Waals surface area contributed by atoms with Gasteiger partial charge in [-0.25, -0.2) is 8.42 Å². The van der Waals surface area contributed by atoms with Crippen LogP contribution in [0.4, 0.5) is 0 Å². The molecule has 0 radical (unpaired) electrons. The molecule has 0 aliphatic carbocycles. The van der Waals surface area contributed by atoms with E-state index in [1.54, 1.807) is 16.4 Å². The minimum absolute atomic E-state index is 0. The van der Waals surface area contributed by atoms with Gasteiger partial charge in [0.25, 0.3) is 0 Å². The minimum atomic E-state index is -3.58. The zero-order chi connectivity index (χ0) is 19.0. The van der Waals surface area contributed by atoms with E-state index in [0.29, 0.717) is 18.8 Å². The highest BCUT2D eigenvalue weighted by molar-refractivity contribution is 7.89. The van der Waals surface area contributed by atoms with Gasteiger partial charge < -0.3 is 14.6 Å². The van der Waals surface area contributed by atoms with Crippen LogP contribution in [0.5, 0.6) is 5.75 Å². The summed E-state index contributed by atoms with van der Waals surface area (Å²) in [6.45, 7) is 5.37. The molecule has 28 heavy (non-hydrogen) atoms. The molecule has 0 atom stereocenters. The average molecular weight is 428 g/mol. The molecule has 0 unspecified atom stereocenters. The third kappa shape index (κ3) is 3.76. The van der Waals surface area contributed by atoms with Crippen molar-refractivity contribution in [2.24, 2.45) is 0 Å². The van der Waals surface area contributed by atoms with Crippen molar-refractivity contribution in [3.8, 4) is 5.75 Å². The van der Waals surface area contributed by atoms with Crippen LogP contribution in [-0.4, -0.2) is 54.2 Å². The monoisotopic (exact) mass is 427 g/mol. The summed E-state index contributed by atoms with van der Waals surface area (Å²) in [5.41, 5.74) is 0.896. The van der Waals surface area contributed by atoms with Crippen molar-refractivity contribution in [3.05, 3.63) is 35.4 Å². The number of fused-ring (bicyclic) bond motifs is 1. The van der Waals surface area contributed by atoms with Crippen LogP contribution in [-0.2, 0) is 23.1 Å². The molecule has 1 N–H and O–H groups in total. The Hall–Kier alpha value is -1.68. The number of nitrogens with one attached hydrogen (secondary N) is 1. The van der Waals surface area contributed by atoms with Gasteiger partial charge in [-0.15, -0.1) is 22.6 Å². The van der Waals surface area contributed by atoms with Crippen molar-refractivity contribution >= 4 is 22.4 Å². The van der Waals surface area contributed by atoms with E-state index >= 15 is 0 Å². The summed E-state index contributed by atoms with van der Waals surface area (Å²) in [6.07, 6.45) is 1.50. The van der Waals surface area contributed by atoms with Gasteiger partial charge in [0.15, 0.2) is 0 Å². The van der Waals surface area contributed by atoms with Crippen molar-refractivity contribution in [2.75, 3.05) is 26.7 Å². The Kier molecular flexibility index (Phi) is 6.28. The second kappa shape index (κ2) is 8.36. The first-order chi connectivity index (χ1) is 13.0. The van der Waals surface area contributed by atoms with Crippen LogP contribution in [0.3, 0.4) is 0 Å². The summed E-state index contributed by atoms with van der Waals surface area (Å²) in [5, 5.41) is 12.0. The van der Waals surface area contributed by atoms with Crippen molar-refractivity contribution in [1.29, 1.82) is 0 Å². The summed E-state index contributed by atoms with van der Waals surface area (Å²) in [6, 6.07) is 5.25. The zero-order valence-corrected chi connectivity index (χ0v) is 17.7. The maximum absolute atomic E-state index is 13.1. The SMILES string of the molecule is COc1ccc(C)cc1S(=O)(=O)N1CCC(c2nnc3n2CCNC3)CC1.Cl. The number of methoxy groups -OCH3 is 1. The van der Waals surface area contributed by atoms with E-state index in [2.05, 4.69) is 20.1 Å². The van der Waals surface area contributed by atoms with Crippen LogP contribution in [0.25, 0.3) is 0 Å². The van der Waals surface area contributed by atoms with Crippen LogP contribution in [0.15, 0.2) is 23.1 Å². The number of piperidine rings is 1. The van der Waals surface area contributed by atoms with E-state index in [9.17, 15) is 8.42 Å². The van der Waals surface area contributed by atoms with E-state index < -0.39 is 10.0 Å². The zero-order valence-electron chi connectivity index (χ0n) is 16.1. The van der Waals surface area contributed by atoms with E-state index in [0.717, 1.165) is 49.7 Å². The lowest BCUT2D eigenvalue weighted by Crippen LogP contribution is -2.39. The molecular weight excluding hydrogens is 402 g/mol. The van der Waals surface area contributed by atoms with Gasteiger partial charge in [0.1, 0.15) is 22.3 Å². The Balaban J connectivity index is 0.00000225. The molecule has 2 aromatic rings. The number of nitrogens with zero attached hydrogens (tertiary/aromatic N) is 4. The molecule has 4 rings (SSSR count). The largest absolute Gasteiger partial charge is 0.495 e. The van der Waals surface area contributed by atoms with Crippen LogP contribution >= 0.6 is 12.4 Å². The van der Waals surface area contributed by atoms with E-state index in [1.165, 1.54) is 7.11 Å². The quantitative estimate of drug-likeness (QED) is 0.798. The van der Waals surface area contributed by atoms with Crippen molar-refractivity contribution in [3.63, 3.8) is 0 Å². The molecule has 8 nitrogen and oxygen atoms in total. The molecule has 0 amide bonds. The van der Waals surface area contributed by atoms with Gasteiger partial charge in [-0.2, -0.15) is 4.31 Å². The number of halogens is 1. The molecule has 1 fully saturated rings. The maximum Gasteiger partial charge on any atom is 0.246 e. The molecule has 1 aromatic carbocycles. The first-order valence-electron chi connectivity index (χ1n) is 9.28. The summed E-state index contributed by atoms with van der Waals surface area (Å²) in [4.78, 5) is 0.245. The van der Waals surface area contributed by atoms with Crippen LogP contribution in [0.1, 0.15) is 36.0 Å². The highest BCUT2D eigenvalue weighted by Crippen LogP contribution is 2.33. The van der Waals surface area contributed by atoms with Crippen molar-refractivity contribution < 1.29 is 13.2 Å². The topological polar surface area (TPSA) is 89.4 Å². The summed E-state index contributed by atoms with van der Waals surface area (Å²) in [7, 11) is -2.08. The molecule has 0 spiro atoms. The fourth-order valence-corrected chi connectivity index (χ4v) is 5.61. The lowest BCUT2D eigenvalue weighted by molar-refractivity contribution is 0.305. The van der Waals surface area contributed by atoms with Crippen LogP contribution in [0, 0.1) is 6.92 Å². The number of hydrogen-bond donors (Lipinski definition) is 1. The van der Waals surface area contributed by atoms with E-state index in [4.69, 9.17) is 4.74 Å². The second-order valence-corrected chi connectivity index (χ2v) is 9.04. The van der Waals surface area contributed by atoms with Gasteiger partial charge in [0, 0.05) is 32.1 Å². The first-order valence-corrected chi connectivity index (χ1v) is 10.7. The number of hydrogen-bond acceptors (Lipinski definition) is 6. The third-order valence-corrected chi connectivity index (χ3v) is 7.33. The summed E-state index contributed by atoms with van der Waals surface area (Å²) < 4.78 is 35.3. The molecule has 10 heteroatoms. The molecule has 2 aliphatic rings. The lowest BCUT2D eigenvalue weighted by Gasteiger charge is -2.31. The average Bonchev–Trinajstić information content (AvgIpc) is 3.12. The highest BCUT2D eigenvalue weighted by Gasteiger charge is 2.34. The molecule has 3 heterocycles. The van der Waals surface area contributed by atoms with Gasteiger partial charge in [-0.3, -0.25) is 0 Å². The van der Waals surface area contributed by atoms with Gasteiger partial charge >= 0.3 is 0 Å². The number of rotatable bonds is 4. The molecule has 1 saturated heterocycles. The standard InChI is InChI=1S/C18H25N5O3S.ClH/c1-13-3-4-15(26-2)16(11-13)27(24,25)22-8-5-14(6-9-22)18-21-20-17-12-19-7-10-23(17)18;/h3-4,11,14,19H,5-10,12H2,1-2H3;1H. The molecule has 1 aromatic heterocycles. The predicted molar refractivity (Wildman–Crippen MR) is 107 cm³/mol. The van der Waals surface area contributed by atoms with Gasteiger partial charge in [-0.05, 0) is 37.5 Å². The second-order valence-electron chi connectivity index (χ2n) is 7.14. The Morgan fingerprint density at radius 3 is 2.64 bits per heavy atom. The van der Waals surface area contributed by atoms with Crippen LogP contribution < -0.4 is 10.1 Å². The third-order valence-electron chi connectivity index (χ3n) is 5.41. The Bertz CT molecular complexity index is 939. The van der Waals surface area contributed by atoms with E-state index in [1.807, 2.05) is 13.0 Å². The first kappa shape index (κ1) is 21.0. The minimum Gasteiger partial charge on any atom is -0.495 e. The number of aryl methyl sites for hydroxylation is 1. The Morgan fingerprint density at radius 1 is 1.18 bits per heavy atom. The number of aromatic nitrogens is 3. The van der Waals surface area contributed by atoms with E-state index in [-0.39, 0.29) is 23.2 Å². The smallest absolute Gasteiger partial charge is 0.246 e. The van der Waals surface area contributed by atoms with Crippen LogP contribution in [0.2, 0.25) is 0 Å². The fraction of sp³-hybridized carbons (Fsp3) is 0.556. The Morgan fingerprint density at radius 2 is 1.93 bits per heavy atom. The molecule has 0 bridgehead atoms. The highest BCUT2D eigenvalue weighted by atomic mass is 35.5. The van der Waals surface area contributed by atoms with Gasteiger partial charge in [0.2, 0.25) is 10.0 Å². The number of sulfonamides is 1.